The van der Waals surface area contributed by atoms with Gasteiger partial charge in [-0.1, -0.05) is 0 Å². The van der Waals surface area contributed by atoms with E-state index >= 15 is 0 Å². The average Bonchev–Trinajstić information content (AvgIpc) is 3.47. The molecule has 1 aliphatic carbocycles. The van der Waals surface area contributed by atoms with Gasteiger partial charge in [-0.2, -0.15) is 5.26 Å². The summed E-state index contributed by atoms with van der Waals surface area (Å²) in [6, 6.07) is 12.7. The number of nitrogens with zero attached hydrogens (tertiary/aromatic N) is 2. The fourth-order valence-corrected chi connectivity index (χ4v) is 2.96. The van der Waals surface area contributed by atoms with Gasteiger partial charge >= 0.3 is 0 Å². The number of ether oxygens (including phenoxy) is 2. The van der Waals surface area contributed by atoms with E-state index < -0.39 is 0 Å². The molecular formula is C20H21FN2O2. The Morgan fingerprint density at radius 1 is 1.08 bits per heavy atom. The molecule has 0 spiro atoms. The van der Waals surface area contributed by atoms with Gasteiger partial charge in [-0.15, -0.1) is 0 Å². The van der Waals surface area contributed by atoms with E-state index in [9.17, 15) is 4.39 Å². The maximum absolute atomic E-state index is 14.2. The second-order valence-electron chi connectivity index (χ2n) is 6.23. The normalized spacial score (nSPS) is 13.6. The van der Waals surface area contributed by atoms with Gasteiger partial charge in [0.05, 0.1) is 25.9 Å². The Balaban J connectivity index is 1.85. The summed E-state index contributed by atoms with van der Waals surface area (Å²) in [4.78, 5) is 2.23. The second kappa shape index (κ2) is 7.54. The van der Waals surface area contributed by atoms with E-state index in [-0.39, 0.29) is 5.82 Å². The molecule has 0 aliphatic heterocycles. The summed E-state index contributed by atoms with van der Waals surface area (Å²) in [5.41, 5.74) is 2.03. The first kappa shape index (κ1) is 17.2. The van der Waals surface area contributed by atoms with Crippen molar-refractivity contribution in [1.29, 1.82) is 5.26 Å². The van der Waals surface area contributed by atoms with Crippen LogP contribution in [0.3, 0.4) is 0 Å². The minimum atomic E-state index is -0.276. The van der Waals surface area contributed by atoms with Gasteiger partial charge in [0.1, 0.15) is 17.3 Å². The minimum Gasteiger partial charge on any atom is -0.497 e. The second-order valence-corrected chi connectivity index (χ2v) is 6.23. The highest BCUT2D eigenvalue weighted by molar-refractivity contribution is 5.40. The highest BCUT2D eigenvalue weighted by Gasteiger charge is 2.30. The molecule has 0 aromatic heterocycles. The Bertz CT molecular complexity index is 797. The van der Waals surface area contributed by atoms with Crippen LogP contribution in [0.5, 0.6) is 11.5 Å². The fraction of sp³-hybridized carbons (Fsp3) is 0.350. The van der Waals surface area contributed by atoms with E-state index in [4.69, 9.17) is 14.7 Å². The molecule has 0 unspecified atom stereocenters. The van der Waals surface area contributed by atoms with Gasteiger partial charge in [0.15, 0.2) is 0 Å². The lowest BCUT2D eigenvalue weighted by Gasteiger charge is -2.24. The Hall–Kier alpha value is -2.58. The van der Waals surface area contributed by atoms with Crippen LogP contribution in [0.25, 0.3) is 0 Å². The van der Waals surface area contributed by atoms with Crippen molar-refractivity contribution in [2.24, 2.45) is 0 Å². The molecular weight excluding hydrogens is 319 g/mol. The van der Waals surface area contributed by atoms with Crippen molar-refractivity contribution in [1.82, 2.24) is 4.90 Å². The number of rotatable bonds is 7. The third-order valence-corrected chi connectivity index (χ3v) is 4.47. The van der Waals surface area contributed by atoms with Crippen molar-refractivity contribution in [3.63, 3.8) is 0 Å². The number of nitriles is 1. The molecule has 4 nitrogen and oxygen atoms in total. The number of benzene rings is 2. The summed E-state index contributed by atoms with van der Waals surface area (Å²) < 4.78 is 24.9. The zero-order chi connectivity index (χ0) is 17.8. The van der Waals surface area contributed by atoms with Crippen LogP contribution in [0.2, 0.25) is 0 Å². The first-order valence-electron chi connectivity index (χ1n) is 8.28. The van der Waals surface area contributed by atoms with Crippen LogP contribution in [-0.4, -0.2) is 25.2 Å². The first-order chi connectivity index (χ1) is 12.1. The molecule has 1 saturated carbocycles. The van der Waals surface area contributed by atoms with E-state index in [1.54, 1.807) is 20.3 Å². The van der Waals surface area contributed by atoms with E-state index in [0.717, 1.165) is 29.9 Å². The summed E-state index contributed by atoms with van der Waals surface area (Å²) in [5, 5.41) is 9.05. The maximum Gasteiger partial charge on any atom is 0.127 e. The van der Waals surface area contributed by atoms with Gasteiger partial charge in [0, 0.05) is 30.3 Å². The van der Waals surface area contributed by atoms with Gasteiger partial charge in [0.2, 0.25) is 0 Å². The molecule has 25 heavy (non-hydrogen) atoms. The van der Waals surface area contributed by atoms with Crippen LogP contribution < -0.4 is 9.47 Å². The van der Waals surface area contributed by atoms with Crippen LogP contribution in [0.15, 0.2) is 36.4 Å². The minimum absolute atomic E-state index is 0.276. The van der Waals surface area contributed by atoms with E-state index in [1.807, 2.05) is 18.2 Å². The summed E-state index contributed by atoms with van der Waals surface area (Å²) in [6.45, 7) is 1.10. The molecule has 3 rings (SSSR count). The van der Waals surface area contributed by atoms with Crippen LogP contribution in [0, 0.1) is 17.1 Å². The van der Waals surface area contributed by atoms with Gasteiger partial charge in [-0.25, -0.2) is 4.39 Å². The van der Waals surface area contributed by atoms with Gasteiger partial charge < -0.3 is 9.47 Å². The molecule has 0 amide bonds. The zero-order valence-electron chi connectivity index (χ0n) is 14.5. The standard InChI is InChI=1S/C20H21FN2O2/c1-24-18-6-8-20(25-2)16(10-18)13-23(17-4-5-17)12-15-9-14(11-22)3-7-19(15)21/h3,6-10,17H,4-5,12-13H2,1-2H3. The lowest BCUT2D eigenvalue weighted by atomic mass is 10.1. The third kappa shape index (κ3) is 4.09. The lowest BCUT2D eigenvalue weighted by Crippen LogP contribution is -2.26. The maximum atomic E-state index is 14.2. The van der Waals surface area contributed by atoms with E-state index in [2.05, 4.69) is 11.0 Å². The van der Waals surface area contributed by atoms with Crippen LogP contribution in [0.1, 0.15) is 29.5 Å². The Kier molecular flexibility index (Phi) is 5.20. The van der Waals surface area contributed by atoms with Gasteiger partial charge in [-0.3, -0.25) is 4.90 Å². The predicted octanol–water partition coefficient (Wildman–Crippen LogP) is 3.88. The highest BCUT2D eigenvalue weighted by atomic mass is 19.1. The average molecular weight is 340 g/mol. The Labute approximate surface area is 147 Å². The summed E-state index contributed by atoms with van der Waals surface area (Å²) in [6.07, 6.45) is 2.21. The van der Waals surface area contributed by atoms with Gasteiger partial charge in [0.25, 0.3) is 0 Å². The van der Waals surface area contributed by atoms with Crippen molar-refractivity contribution < 1.29 is 13.9 Å². The molecule has 0 bridgehead atoms. The summed E-state index contributed by atoms with van der Waals surface area (Å²) >= 11 is 0. The largest absolute Gasteiger partial charge is 0.497 e. The molecule has 0 N–H and O–H groups in total. The van der Waals surface area contributed by atoms with Crippen molar-refractivity contribution in [2.45, 2.75) is 32.0 Å². The van der Waals surface area contributed by atoms with Crippen molar-refractivity contribution in [3.8, 4) is 17.6 Å². The molecule has 5 heteroatoms. The summed E-state index contributed by atoms with van der Waals surface area (Å²) in [7, 11) is 3.27. The molecule has 0 atom stereocenters. The van der Waals surface area contributed by atoms with Crippen molar-refractivity contribution in [2.75, 3.05) is 14.2 Å². The molecule has 2 aromatic rings. The Morgan fingerprint density at radius 3 is 2.48 bits per heavy atom. The molecule has 0 saturated heterocycles. The van der Waals surface area contributed by atoms with Crippen molar-refractivity contribution in [3.05, 3.63) is 58.9 Å². The number of hydrogen-bond donors (Lipinski definition) is 0. The highest BCUT2D eigenvalue weighted by Crippen LogP contribution is 2.33. The molecule has 130 valence electrons. The molecule has 2 aromatic carbocycles. The van der Waals surface area contributed by atoms with E-state index in [0.29, 0.717) is 30.3 Å². The molecule has 1 aliphatic rings. The molecule has 0 heterocycles. The van der Waals surface area contributed by atoms with Gasteiger partial charge in [-0.05, 0) is 49.2 Å². The quantitative estimate of drug-likeness (QED) is 0.767. The fourth-order valence-electron chi connectivity index (χ4n) is 2.96. The van der Waals surface area contributed by atoms with Crippen molar-refractivity contribution >= 4 is 0 Å². The van der Waals surface area contributed by atoms with Crippen LogP contribution in [0.4, 0.5) is 4.39 Å². The predicted molar refractivity (Wildman–Crippen MR) is 92.9 cm³/mol. The van der Waals surface area contributed by atoms with Crippen LogP contribution >= 0.6 is 0 Å². The van der Waals surface area contributed by atoms with Crippen LogP contribution in [-0.2, 0) is 13.1 Å². The summed E-state index contributed by atoms with van der Waals surface area (Å²) in [5.74, 6) is 1.28. The topological polar surface area (TPSA) is 45.5 Å². The number of methoxy groups -OCH3 is 2. The number of halogens is 1. The molecule has 1 fully saturated rings. The lowest BCUT2D eigenvalue weighted by molar-refractivity contribution is 0.238. The molecule has 0 radical (unpaired) electrons. The zero-order valence-corrected chi connectivity index (χ0v) is 14.5. The first-order valence-corrected chi connectivity index (χ1v) is 8.28. The third-order valence-electron chi connectivity index (χ3n) is 4.47. The monoisotopic (exact) mass is 340 g/mol. The smallest absolute Gasteiger partial charge is 0.127 e. The SMILES string of the molecule is COc1ccc(OC)c(CN(Cc2cc(C#N)ccc2F)C2CC2)c1. The van der Waals surface area contributed by atoms with E-state index in [1.165, 1.54) is 12.1 Å². The Morgan fingerprint density at radius 2 is 1.84 bits per heavy atom. The number of hydrogen-bond acceptors (Lipinski definition) is 4.